The fourth-order valence-electron chi connectivity index (χ4n) is 1.98. The molecule has 9 heteroatoms. The lowest BCUT2D eigenvalue weighted by Crippen LogP contribution is -2.37. The van der Waals surface area contributed by atoms with Crippen LogP contribution in [0.2, 0.25) is 0 Å². The predicted octanol–water partition coefficient (Wildman–Crippen LogP) is 0.0480. The van der Waals surface area contributed by atoms with Gasteiger partial charge in [0, 0.05) is 18.0 Å². The van der Waals surface area contributed by atoms with E-state index in [-0.39, 0.29) is 22.3 Å². The number of sulfonamides is 1. The van der Waals surface area contributed by atoms with Crippen molar-refractivity contribution >= 4 is 31.2 Å². The highest BCUT2D eigenvalue weighted by molar-refractivity contribution is 7.92. The normalized spacial score (nSPS) is 23.0. The van der Waals surface area contributed by atoms with Crippen LogP contribution >= 0.6 is 11.3 Å². The van der Waals surface area contributed by atoms with E-state index >= 15 is 0 Å². The third-order valence-corrected chi connectivity index (χ3v) is 8.35. The summed E-state index contributed by atoms with van der Waals surface area (Å²) in [6.07, 6.45) is 0.330. The van der Waals surface area contributed by atoms with Gasteiger partial charge in [-0.25, -0.2) is 16.8 Å². The van der Waals surface area contributed by atoms with Crippen molar-refractivity contribution in [2.45, 2.75) is 23.3 Å². The van der Waals surface area contributed by atoms with E-state index in [4.69, 9.17) is 5.11 Å². The highest BCUT2D eigenvalue weighted by atomic mass is 32.2. The predicted molar refractivity (Wildman–Crippen MR) is 72.2 cm³/mol. The molecule has 0 aliphatic carbocycles. The number of nitrogens with zero attached hydrogens (tertiary/aromatic N) is 1. The van der Waals surface area contributed by atoms with E-state index in [2.05, 4.69) is 0 Å². The van der Waals surface area contributed by atoms with Crippen LogP contribution in [0.25, 0.3) is 0 Å². The van der Waals surface area contributed by atoms with E-state index in [0.717, 1.165) is 15.6 Å². The zero-order valence-corrected chi connectivity index (χ0v) is 12.8. The SMILES string of the molecule is CN(C1CCS(=O)(=O)C1)S(=O)(=O)c1ccc(CO)s1. The Bertz CT molecular complexity index is 661. The van der Waals surface area contributed by atoms with Gasteiger partial charge in [-0.3, -0.25) is 0 Å². The van der Waals surface area contributed by atoms with Gasteiger partial charge in [0.2, 0.25) is 0 Å². The van der Waals surface area contributed by atoms with Crippen LogP contribution in [0.15, 0.2) is 16.3 Å². The fourth-order valence-corrected chi connectivity index (χ4v) is 6.64. The molecule has 1 unspecified atom stereocenters. The maximum atomic E-state index is 12.3. The second kappa shape index (κ2) is 5.13. The van der Waals surface area contributed by atoms with Crippen molar-refractivity contribution in [2.75, 3.05) is 18.6 Å². The van der Waals surface area contributed by atoms with Gasteiger partial charge in [-0.2, -0.15) is 4.31 Å². The molecule has 1 atom stereocenters. The molecule has 1 aromatic heterocycles. The summed E-state index contributed by atoms with van der Waals surface area (Å²) in [5.74, 6) is -0.0924. The molecule has 1 aliphatic rings. The van der Waals surface area contributed by atoms with E-state index in [0.29, 0.717) is 11.3 Å². The summed E-state index contributed by atoms with van der Waals surface area (Å²) < 4.78 is 48.7. The number of thiophene rings is 1. The topological polar surface area (TPSA) is 91.8 Å². The lowest BCUT2D eigenvalue weighted by molar-refractivity contribution is 0.285. The molecule has 0 spiro atoms. The number of aliphatic hydroxyl groups excluding tert-OH is 1. The number of sulfone groups is 1. The average Bonchev–Trinajstić information content (AvgIpc) is 2.94. The molecule has 1 aromatic rings. The minimum absolute atomic E-state index is 0.0316. The smallest absolute Gasteiger partial charge is 0.252 e. The second-order valence-electron chi connectivity index (χ2n) is 4.46. The Morgan fingerprint density at radius 2 is 2.16 bits per heavy atom. The Labute approximate surface area is 116 Å². The Hall–Kier alpha value is -0.480. The molecule has 2 heterocycles. The third kappa shape index (κ3) is 3.00. The molecule has 1 saturated heterocycles. The summed E-state index contributed by atoms with van der Waals surface area (Å²) >= 11 is 0.998. The maximum absolute atomic E-state index is 12.3. The Balaban J connectivity index is 2.25. The van der Waals surface area contributed by atoms with Gasteiger partial charge in [0.15, 0.2) is 9.84 Å². The van der Waals surface area contributed by atoms with Crippen LogP contribution in [-0.4, -0.2) is 50.8 Å². The summed E-state index contributed by atoms with van der Waals surface area (Å²) in [5.41, 5.74) is 0. The summed E-state index contributed by atoms with van der Waals surface area (Å²) in [7, 11) is -5.41. The van der Waals surface area contributed by atoms with Crippen LogP contribution in [0.3, 0.4) is 0 Å². The monoisotopic (exact) mass is 325 g/mol. The molecule has 1 aliphatic heterocycles. The first kappa shape index (κ1) is 14.9. The van der Waals surface area contributed by atoms with E-state index < -0.39 is 25.9 Å². The molecule has 108 valence electrons. The minimum Gasteiger partial charge on any atom is -0.391 e. The number of aliphatic hydroxyl groups is 1. The van der Waals surface area contributed by atoms with Gasteiger partial charge < -0.3 is 5.11 Å². The Morgan fingerprint density at radius 1 is 1.47 bits per heavy atom. The first-order chi connectivity index (χ1) is 8.76. The van der Waals surface area contributed by atoms with Crippen molar-refractivity contribution in [3.8, 4) is 0 Å². The molecule has 0 radical (unpaired) electrons. The molecule has 1 N–H and O–H groups in total. The largest absolute Gasteiger partial charge is 0.391 e. The van der Waals surface area contributed by atoms with Crippen LogP contribution in [0.5, 0.6) is 0 Å². The molecule has 0 bridgehead atoms. The van der Waals surface area contributed by atoms with Crippen LogP contribution in [-0.2, 0) is 26.5 Å². The van der Waals surface area contributed by atoms with E-state index in [1.165, 1.54) is 13.1 Å². The van der Waals surface area contributed by atoms with Gasteiger partial charge in [-0.1, -0.05) is 0 Å². The van der Waals surface area contributed by atoms with E-state index in [1.54, 1.807) is 6.07 Å². The van der Waals surface area contributed by atoms with Crippen LogP contribution in [0.1, 0.15) is 11.3 Å². The molecular formula is C10H15NO5S3. The first-order valence-electron chi connectivity index (χ1n) is 5.64. The molecule has 0 amide bonds. The van der Waals surface area contributed by atoms with Gasteiger partial charge >= 0.3 is 0 Å². The van der Waals surface area contributed by atoms with E-state index in [1.807, 2.05) is 0 Å². The Kier molecular flexibility index (Phi) is 4.03. The zero-order valence-electron chi connectivity index (χ0n) is 10.3. The molecule has 19 heavy (non-hydrogen) atoms. The van der Waals surface area contributed by atoms with E-state index in [9.17, 15) is 16.8 Å². The summed E-state index contributed by atoms with van der Waals surface area (Å²) in [4.78, 5) is 0.561. The maximum Gasteiger partial charge on any atom is 0.252 e. The van der Waals surface area contributed by atoms with Gasteiger partial charge in [0.05, 0.1) is 18.1 Å². The minimum atomic E-state index is -3.69. The standard InChI is InChI=1S/C10H15NO5S3/c1-11(8-4-5-18(13,14)7-8)19(15,16)10-3-2-9(6-12)17-10/h2-3,8,12H,4-7H2,1H3. The zero-order chi connectivity index (χ0) is 14.3. The fraction of sp³-hybridized carbons (Fsp3) is 0.600. The lowest BCUT2D eigenvalue weighted by atomic mass is 10.3. The summed E-state index contributed by atoms with van der Waals surface area (Å²) in [5, 5.41) is 8.96. The molecule has 6 nitrogen and oxygen atoms in total. The van der Waals surface area contributed by atoms with Crippen LogP contribution in [0, 0.1) is 0 Å². The third-order valence-electron chi connectivity index (χ3n) is 3.15. The number of rotatable bonds is 4. The van der Waals surface area contributed by atoms with Gasteiger partial charge in [0.1, 0.15) is 4.21 Å². The van der Waals surface area contributed by atoms with Crippen molar-refractivity contribution in [3.63, 3.8) is 0 Å². The van der Waals surface area contributed by atoms with Crippen molar-refractivity contribution in [3.05, 3.63) is 17.0 Å². The van der Waals surface area contributed by atoms with Crippen molar-refractivity contribution in [2.24, 2.45) is 0 Å². The van der Waals surface area contributed by atoms with Crippen molar-refractivity contribution in [1.29, 1.82) is 0 Å². The van der Waals surface area contributed by atoms with Gasteiger partial charge in [-0.05, 0) is 18.6 Å². The highest BCUT2D eigenvalue weighted by Crippen LogP contribution is 2.28. The average molecular weight is 325 g/mol. The molecule has 0 saturated carbocycles. The van der Waals surface area contributed by atoms with Crippen LogP contribution in [0.4, 0.5) is 0 Å². The molecule has 2 rings (SSSR count). The first-order valence-corrected chi connectivity index (χ1v) is 9.72. The highest BCUT2D eigenvalue weighted by Gasteiger charge is 2.36. The Morgan fingerprint density at radius 3 is 2.63 bits per heavy atom. The molecular weight excluding hydrogens is 310 g/mol. The molecule has 0 aromatic carbocycles. The molecule has 1 fully saturated rings. The van der Waals surface area contributed by atoms with Crippen molar-refractivity contribution < 1.29 is 21.9 Å². The van der Waals surface area contributed by atoms with Crippen LogP contribution < -0.4 is 0 Å². The second-order valence-corrected chi connectivity index (χ2v) is 10.1. The number of hydrogen-bond donors (Lipinski definition) is 1. The summed E-state index contributed by atoms with van der Waals surface area (Å²) in [6.45, 7) is -0.207. The van der Waals surface area contributed by atoms with Gasteiger partial charge in [0.25, 0.3) is 10.0 Å². The quantitative estimate of drug-likeness (QED) is 0.844. The number of hydrogen-bond acceptors (Lipinski definition) is 6. The summed E-state index contributed by atoms with van der Waals surface area (Å²) in [6, 6.07) is 2.48. The van der Waals surface area contributed by atoms with Crippen molar-refractivity contribution in [1.82, 2.24) is 4.31 Å². The lowest BCUT2D eigenvalue weighted by Gasteiger charge is -2.21. The van der Waals surface area contributed by atoms with Gasteiger partial charge in [-0.15, -0.1) is 11.3 Å².